The van der Waals surface area contributed by atoms with Crippen LogP contribution in [0.25, 0.3) is 5.69 Å². The number of nitrogens with zero attached hydrogens (tertiary/aromatic N) is 5. The molecule has 1 aliphatic heterocycles. The van der Waals surface area contributed by atoms with Crippen molar-refractivity contribution in [2.24, 2.45) is 0 Å². The van der Waals surface area contributed by atoms with Gasteiger partial charge < -0.3 is 9.80 Å². The highest BCUT2D eigenvalue weighted by Gasteiger charge is 2.34. The Morgan fingerprint density at radius 3 is 2.21 bits per heavy atom. The molecule has 3 aromatic carbocycles. The summed E-state index contributed by atoms with van der Waals surface area (Å²) in [4.78, 5) is 29.1. The number of carbonyl (C=O) groups is 2. The fourth-order valence-corrected chi connectivity index (χ4v) is 6.52. The van der Waals surface area contributed by atoms with Gasteiger partial charge in [0.2, 0.25) is 5.91 Å². The molecule has 2 amide bonds. The normalized spacial score (nSPS) is 15.5. The highest BCUT2D eigenvalue weighted by Crippen LogP contribution is 2.33. The number of amides is 2. The van der Waals surface area contributed by atoms with Gasteiger partial charge in [-0.1, -0.05) is 54.2 Å². The Kier molecular flexibility index (Phi) is 10.8. The molecular formula is C34H33F6N5O2S. The van der Waals surface area contributed by atoms with Crippen molar-refractivity contribution in [1.29, 1.82) is 0 Å². The van der Waals surface area contributed by atoms with Crippen molar-refractivity contribution in [2.75, 3.05) is 25.4 Å². The molecule has 1 atom stereocenters. The van der Waals surface area contributed by atoms with Crippen molar-refractivity contribution in [2.45, 2.75) is 56.2 Å². The fourth-order valence-electron chi connectivity index (χ4n) is 5.55. The molecule has 1 unspecified atom stereocenters. The SMILES string of the molecule is CC1CN(C(=O)CCCCSc2nnc(Cc3ccccc3)n2-c2cccc(C(F)(F)F)c2)CCN1C(=O)c1cccc(C(F)(F)F)c1. The van der Waals surface area contributed by atoms with Crippen molar-refractivity contribution >= 4 is 23.6 Å². The third-order valence-electron chi connectivity index (χ3n) is 8.03. The van der Waals surface area contributed by atoms with E-state index < -0.39 is 29.4 Å². The molecule has 0 radical (unpaired) electrons. The molecule has 1 aliphatic rings. The van der Waals surface area contributed by atoms with Gasteiger partial charge in [-0.25, -0.2) is 0 Å². The first kappa shape index (κ1) is 35.0. The summed E-state index contributed by atoms with van der Waals surface area (Å²) < 4.78 is 81.6. The molecule has 0 saturated carbocycles. The summed E-state index contributed by atoms with van der Waals surface area (Å²) in [6, 6.07) is 18.4. The van der Waals surface area contributed by atoms with E-state index in [4.69, 9.17) is 0 Å². The minimum atomic E-state index is -4.56. The van der Waals surface area contributed by atoms with E-state index in [0.29, 0.717) is 41.7 Å². The Hall–Kier alpha value is -4.33. The van der Waals surface area contributed by atoms with Crippen LogP contribution in [0.1, 0.15) is 59.1 Å². The molecule has 254 valence electrons. The number of unbranched alkanes of at least 4 members (excludes halogenated alkanes) is 1. The van der Waals surface area contributed by atoms with Gasteiger partial charge in [0.25, 0.3) is 5.91 Å². The zero-order valence-corrected chi connectivity index (χ0v) is 26.8. The van der Waals surface area contributed by atoms with Crippen molar-refractivity contribution in [1.82, 2.24) is 24.6 Å². The van der Waals surface area contributed by atoms with Crippen LogP contribution in [-0.4, -0.2) is 67.8 Å². The van der Waals surface area contributed by atoms with Gasteiger partial charge in [0.1, 0.15) is 5.82 Å². The van der Waals surface area contributed by atoms with Crippen LogP contribution < -0.4 is 0 Å². The quantitative estimate of drug-likeness (QED) is 0.0979. The molecule has 4 aromatic rings. The third-order valence-corrected chi connectivity index (χ3v) is 9.05. The van der Waals surface area contributed by atoms with Gasteiger partial charge in [-0.3, -0.25) is 14.2 Å². The molecule has 0 bridgehead atoms. The molecule has 48 heavy (non-hydrogen) atoms. The first-order chi connectivity index (χ1) is 22.8. The molecule has 14 heteroatoms. The van der Waals surface area contributed by atoms with Gasteiger partial charge in [-0.05, 0) is 61.7 Å². The van der Waals surface area contributed by atoms with Crippen LogP contribution in [0.2, 0.25) is 0 Å². The number of halogens is 6. The van der Waals surface area contributed by atoms with E-state index in [0.717, 1.165) is 29.8 Å². The van der Waals surface area contributed by atoms with Crippen LogP contribution in [0.15, 0.2) is 84.0 Å². The van der Waals surface area contributed by atoms with E-state index in [1.807, 2.05) is 30.3 Å². The molecule has 0 spiro atoms. The van der Waals surface area contributed by atoms with E-state index in [1.165, 1.54) is 34.9 Å². The zero-order valence-electron chi connectivity index (χ0n) is 26.0. The first-order valence-corrected chi connectivity index (χ1v) is 16.3. The fraction of sp³-hybridized carbons (Fsp3) is 0.353. The maximum Gasteiger partial charge on any atom is 0.416 e. The van der Waals surface area contributed by atoms with Crippen molar-refractivity contribution in [3.05, 3.63) is 107 Å². The van der Waals surface area contributed by atoms with Gasteiger partial charge in [0, 0.05) is 49.8 Å². The first-order valence-electron chi connectivity index (χ1n) is 15.4. The summed E-state index contributed by atoms with van der Waals surface area (Å²) in [5.41, 5.74) is -0.480. The lowest BCUT2D eigenvalue weighted by molar-refractivity contribution is -0.138. The van der Waals surface area contributed by atoms with Crippen LogP contribution in [-0.2, 0) is 23.6 Å². The number of rotatable bonds is 10. The second kappa shape index (κ2) is 14.8. The predicted molar refractivity (Wildman–Crippen MR) is 169 cm³/mol. The minimum Gasteiger partial charge on any atom is -0.339 e. The average molecular weight is 690 g/mol. The Balaban J connectivity index is 1.15. The molecule has 5 rings (SSSR count). The Morgan fingerprint density at radius 1 is 0.833 bits per heavy atom. The maximum atomic E-state index is 13.5. The van der Waals surface area contributed by atoms with E-state index >= 15 is 0 Å². The number of benzene rings is 3. The van der Waals surface area contributed by atoms with Crippen LogP contribution in [0, 0.1) is 0 Å². The van der Waals surface area contributed by atoms with Gasteiger partial charge in [0.15, 0.2) is 5.16 Å². The molecule has 1 fully saturated rings. The molecule has 0 aliphatic carbocycles. The summed E-state index contributed by atoms with van der Waals surface area (Å²) in [5.74, 6) is 0.446. The van der Waals surface area contributed by atoms with Crippen molar-refractivity contribution < 1.29 is 35.9 Å². The van der Waals surface area contributed by atoms with E-state index in [1.54, 1.807) is 22.5 Å². The number of hydrogen-bond acceptors (Lipinski definition) is 5. The van der Waals surface area contributed by atoms with E-state index in [2.05, 4.69) is 10.2 Å². The monoisotopic (exact) mass is 689 g/mol. The molecule has 1 aromatic heterocycles. The summed E-state index contributed by atoms with van der Waals surface area (Å²) in [6.45, 7) is 2.50. The van der Waals surface area contributed by atoms with Crippen LogP contribution in [0.3, 0.4) is 0 Å². The lowest BCUT2D eigenvalue weighted by Gasteiger charge is -2.40. The minimum absolute atomic E-state index is 0.0509. The van der Waals surface area contributed by atoms with Gasteiger partial charge >= 0.3 is 12.4 Å². The molecule has 1 saturated heterocycles. The molecule has 7 nitrogen and oxygen atoms in total. The third kappa shape index (κ3) is 8.57. The van der Waals surface area contributed by atoms with E-state index in [9.17, 15) is 35.9 Å². The number of alkyl halides is 6. The summed E-state index contributed by atoms with van der Waals surface area (Å²) >= 11 is 1.35. The average Bonchev–Trinajstić information content (AvgIpc) is 3.45. The number of hydrogen-bond donors (Lipinski definition) is 0. The highest BCUT2D eigenvalue weighted by molar-refractivity contribution is 7.99. The second-order valence-corrected chi connectivity index (χ2v) is 12.6. The Bertz CT molecular complexity index is 1730. The standard InChI is InChI=1S/C34H33F6N5O2S/c1-23-22-43(16-17-44(23)31(47)25-11-7-12-26(20-25)33(35,36)37)30(46)15-5-6-18-48-32-42-41-29(19-24-9-3-2-4-10-24)45(32)28-14-8-13-27(21-28)34(38,39)40/h2-4,7-14,20-21,23H,5-6,15-19,22H2,1H3. The second-order valence-electron chi connectivity index (χ2n) is 11.5. The zero-order chi connectivity index (χ0) is 34.5. The van der Waals surface area contributed by atoms with Crippen molar-refractivity contribution in [3.63, 3.8) is 0 Å². The molecule has 0 N–H and O–H groups in total. The topological polar surface area (TPSA) is 71.3 Å². The summed E-state index contributed by atoms with van der Waals surface area (Å²) in [6.07, 6.45) is -7.25. The van der Waals surface area contributed by atoms with Crippen LogP contribution >= 0.6 is 11.8 Å². The maximum absolute atomic E-state index is 13.5. The van der Waals surface area contributed by atoms with Gasteiger partial charge in [0.05, 0.1) is 16.8 Å². The highest BCUT2D eigenvalue weighted by atomic mass is 32.2. The summed E-state index contributed by atoms with van der Waals surface area (Å²) in [7, 11) is 0. The predicted octanol–water partition coefficient (Wildman–Crippen LogP) is 7.53. The Morgan fingerprint density at radius 2 is 1.52 bits per heavy atom. The number of carbonyl (C=O) groups excluding carboxylic acids is 2. The largest absolute Gasteiger partial charge is 0.416 e. The lowest BCUT2D eigenvalue weighted by atomic mass is 10.1. The molecule has 2 heterocycles. The van der Waals surface area contributed by atoms with Gasteiger partial charge in [-0.15, -0.1) is 10.2 Å². The van der Waals surface area contributed by atoms with E-state index in [-0.39, 0.29) is 43.6 Å². The van der Waals surface area contributed by atoms with Crippen LogP contribution in [0.5, 0.6) is 0 Å². The number of piperazine rings is 1. The number of thioether (sulfide) groups is 1. The smallest absolute Gasteiger partial charge is 0.339 e. The Labute approximate surface area is 277 Å². The van der Waals surface area contributed by atoms with Crippen molar-refractivity contribution in [3.8, 4) is 5.69 Å². The lowest BCUT2D eigenvalue weighted by Crippen LogP contribution is -2.55. The van der Waals surface area contributed by atoms with Gasteiger partial charge in [-0.2, -0.15) is 26.3 Å². The summed E-state index contributed by atoms with van der Waals surface area (Å²) in [5, 5.41) is 9.03. The van der Waals surface area contributed by atoms with Crippen LogP contribution in [0.4, 0.5) is 26.3 Å². The molecular weight excluding hydrogens is 656 g/mol. The number of aromatic nitrogens is 3.